The summed E-state index contributed by atoms with van der Waals surface area (Å²) < 4.78 is 0. The van der Waals surface area contributed by atoms with Crippen molar-refractivity contribution in [3.05, 3.63) is 80.4 Å². The van der Waals surface area contributed by atoms with Gasteiger partial charge in [-0.3, -0.25) is 0 Å². The number of aryl methyl sites for hydroxylation is 7. The van der Waals surface area contributed by atoms with Crippen molar-refractivity contribution in [3.63, 3.8) is 0 Å². The summed E-state index contributed by atoms with van der Waals surface area (Å²) in [5, 5.41) is 2.82. The van der Waals surface area contributed by atoms with Gasteiger partial charge in [0.2, 0.25) is 0 Å². The van der Waals surface area contributed by atoms with Gasteiger partial charge in [0.1, 0.15) is 0 Å². The summed E-state index contributed by atoms with van der Waals surface area (Å²) >= 11 is 0. The van der Waals surface area contributed by atoms with Crippen LogP contribution in [0.3, 0.4) is 0 Å². The second kappa shape index (κ2) is 7.44. The minimum absolute atomic E-state index is 1.35. The number of fused-ring (bicyclic) bond motifs is 1. The van der Waals surface area contributed by atoms with Gasteiger partial charge in [-0.2, -0.15) is 0 Å². The molecule has 0 nitrogen and oxygen atoms in total. The molecule has 132 valence electrons. The summed E-state index contributed by atoms with van der Waals surface area (Å²) in [7, 11) is 0. The fourth-order valence-corrected chi connectivity index (χ4v) is 3.70. The standard InChI is InChI=1S/C15H18.C10H14/c1-9-6-11(3)15-13(5)12(4)10(2)8-14(15)7-9;1-7-5-8(2)10(4)9(3)6-7/h6-8H,1-5H3;5-6H,1-4H3. The van der Waals surface area contributed by atoms with Gasteiger partial charge in [0.15, 0.2) is 0 Å². The summed E-state index contributed by atoms with van der Waals surface area (Å²) in [5.74, 6) is 0. The third kappa shape index (κ3) is 4.12. The van der Waals surface area contributed by atoms with Gasteiger partial charge in [0, 0.05) is 0 Å². The average molecular weight is 333 g/mol. The molecule has 3 rings (SSSR count). The highest BCUT2D eigenvalue weighted by Crippen LogP contribution is 2.28. The predicted molar refractivity (Wildman–Crippen MR) is 113 cm³/mol. The Morgan fingerprint density at radius 1 is 0.400 bits per heavy atom. The lowest BCUT2D eigenvalue weighted by molar-refractivity contribution is 1.23. The second-order valence-electron chi connectivity index (χ2n) is 7.65. The van der Waals surface area contributed by atoms with Gasteiger partial charge in [-0.05, 0) is 112 Å². The Morgan fingerprint density at radius 2 is 0.840 bits per heavy atom. The summed E-state index contributed by atoms with van der Waals surface area (Å²) in [6, 6.07) is 11.3. The zero-order valence-corrected chi connectivity index (χ0v) is 17.4. The van der Waals surface area contributed by atoms with E-state index in [0.717, 1.165) is 0 Å². The van der Waals surface area contributed by atoms with E-state index >= 15 is 0 Å². The van der Waals surface area contributed by atoms with Crippen molar-refractivity contribution in [2.45, 2.75) is 62.3 Å². The van der Waals surface area contributed by atoms with Gasteiger partial charge in [-0.1, -0.05) is 41.5 Å². The molecule has 0 fully saturated rings. The smallest absolute Gasteiger partial charge is 0.0122 e. The molecule has 0 heteroatoms. The first-order chi connectivity index (χ1) is 11.6. The Balaban J connectivity index is 0.000000196. The Bertz CT molecular complexity index is 904. The summed E-state index contributed by atoms with van der Waals surface area (Å²) in [6.07, 6.45) is 0. The first-order valence-electron chi connectivity index (χ1n) is 9.14. The monoisotopic (exact) mass is 332 g/mol. The maximum absolute atomic E-state index is 2.30. The van der Waals surface area contributed by atoms with E-state index in [2.05, 4.69) is 92.6 Å². The molecule has 3 aromatic carbocycles. The molecule has 0 aliphatic carbocycles. The molecule has 0 aromatic heterocycles. The Labute approximate surface area is 153 Å². The lowest BCUT2D eigenvalue weighted by atomic mass is 9.92. The van der Waals surface area contributed by atoms with Crippen LogP contribution in [0.5, 0.6) is 0 Å². The van der Waals surface area contributed by atoms with Crippen LogP contribution in [0.25, 0.3) is 10.8 Å². The molecule has 0 bridgehead atoms. The number of hydrogen-bond donors (Lipinski definition) is 0. The fraction of sp³-hybridized carbons (Fsp3) is 0.360. The molecule has 0 N–H and O–H groups in total. The molecular formula is C25H32. The SMILES string of the molecule is Cc1cc(C)c(C)c(C)c1.Cc1cc(C)c2c(C)c(C)c(C)cc2c1. The van der Waals surface area contributed by atoms with Crippen LogP contribution in [0.1, 0.15) is 50.1 Å². The molecule has 3 aromatic rings. The van der Waals surface area contributed by atoms with E-state index in [4.69, 9.17) is 0 Å². The summed E-state index contributed by atoms with van der Waals surface area (Å²) in [5.41, 5.74) is 12.6. The van der Waals surface area contributed by atoms with Crippen LogP contribution in [0, 0.1) is 62.3 Å². The van der Waals surface area contributed by atoms with E-state index in [9.17, 15) is 0 Å². The van der Waals surface area contributed by atoms with Gasteiger partial charge in [-0.25, -0.2) is 0 Å². The van der Waals surface area contributed by atoms with E-state index in [1.165, 1.54) is 60.8 Å². The first kappa shape index (κ1) is 19.2. The summed E-state index contributed by atoms with van der Waals surface area (Å²) in [4.78, 5) is 0. The van der Waals surface area contributed by atoms with Crippen molar-refractivity contribution >= 4 is 10.8 Å². The second-order valence-corrected chi connectivity index (χ2v) is 7.65. The highest BCUT2D eigenvalue weighted by atomic mass is 14.1. The van der Waals surface area contributed by atoms with Crippen molar-refractivity contribution in [2.24, 2.45) is 0 Å². The van der Waals surface area contributed by atoms with Crippen molar-refractivity contribution in [1.82, 2.24) is 0 Å². The molecule has 0 aliphatic heterocycles. The van der Waals surface area contributed by atoms with Crippen LogP contribution < -0.4 is 0 Å². The number of benzene rings is 3. The maximum atomic E-state index is 2.30. The van der Waals surface area contributed by atoms with Crippen LogP contribution in [0.15, 0.2) is 30.3 Å². The van der Waals surface area contributed by atoms with Gasteiger partial charge in [0.25, 0.3) is 0 Å². The van der Waals surface area contributed by atoms with E-state index in [-0.39, 0.29) is 0 Å². The Morgan fingerprint density at radius 3 is 1.40 bits per heavy atom. The van der Waals surface area contributed by atoms with Crippen molar-refractivity contribution in [3.8, 4) is 0 Å². The van der Waals surface area contributed by atoms with Gasteiger partial charge in [-0.15, -0.1) is 0 Å². The number of hydrogen-bond acceptors (Lipinski definition) is 0. The molecule has 0 saturated carbocycles. The van der Waals surface area contributed by atoms with Gasteiger partial charge >= 0.3 is 0 Å². The Hall–Kier alpha value is -2.08. The van der Waals surface area contributed by atoms with E-state index in [0.29, 0.717) is 0 Å². The van der Waals surface area contributed by atoms with Gasteiger partial charge < -0.3 is 0 Å². The van der Waals surface area contributed by atoms with Crippen molar-refractivity contribution in [1.29, 1.82) is 0 Å². The van der Waals surface area contributed by atoms with Crippen LogP contribution in [-0.4, -0.2) is 0 Å². The molecule has 0 spiro atoms. The van der Waals surface area contributed by atoms with Crippen LogP contribution in [0.2, 0.25) is 0 Å². The topological polar surface area (TPSA) is 0 Å². The van der Waals surface area contributed by atoms with Crippen LogP contribution in [0.4, 0.5) is 0 Å². The normalized spacial score (nSPS) is 10.6. The molecule has 0 radical (unpaired) electrons. The fourth-order valence-electron chi connectivity index (χ4n) is 3.70. The zero-order chi connectivity index (χ0) is 18.9. The lowest BCUT2D eigenvalue weighted by Gasteiger charge is -2.12. The van der Waals surface area contributed by atoms with Crippen molar-refractivity contribution in [2.75, 3.05) is 0 Å². The molecule has 0 heterocycles. The quantitative estimate of drug-likeness (QED) is 0.405. The van der Waals surface area contributed by atoms with E-state index < -0.39 is 0 Å². The third-order valence-corrected chi connectivity index (χ3v) is 5.48. The predicted octanol–water partition coefficient (Wildman–Crippen LogP) is 7.30. The Kier molecular flexibility index (Phi) is 5.72. The van der Waals surface area contributed by atoms with Crippen LogP contribution >= 0.6 is 0 Å². The average Bonchev–Trinajstić information content (AvgIpc) is 2.50. The molecule has 25 heavy (non-hydrogen) atoms. The van der Waals surface area contributed by atoms with Crippen molar-refractivity contribution < 1.29 is 0 Å². The minimum atomic E-state index is 1.35. The van der Waals surface area contributed by atoms with Crippen LogP contribution in [-0.2, 0) is 0 Å². The largest absolute Gasteiger partial charge is 0.0561 e. The third-order valence-electron chi connectivity index (χ3n) is 5.48. The molecule has 0 atom stereocenters. The highest BCUT2D eigenvalue weighted by molar-refractivity contribution is 5.90. The van der Waals surface area contributed by atoms with Gasteiger partial charge in [0.05, 0.1) is 0 Å². The molecule has 0 unspecified atom stereocenters. The lowest BCUT2D eigenvalue weighted by Crippen LogP contribution is -1.92. The molecular weight excluding hydrogens is 300 g/mol. The molecule has 0 saturated heterocycles. The van der Waals surface area contributed by atoms with E-state index in [1.54, 1.807) is 0 Å². The first-order valence-corrected chi connectivity index (χ1v) is 9.14. The van der Waals surface area contributed by atoms with E-state index in [1.807, 2.05) is 0 Å². The molecule has 0 amide bonds. The maximum Gasteiger partial charge on any atom is -0.0122 e. The zero-order valence-electron chi connectivity index (χ0n) is 17.4. The summed E-state index contributed by atoms with van der Waals surface area (Å²) in [6.45, 7) is 19.6. The minimum Gasteiger partial charge on any atom is -0.0561 e. The highest BCUT2D eigenvalue weighted by Gasteiger charge is 2.06. The molecule has 0 aliphatic rings. The number of rotatable bonds is 0.